The van der Waals surface area contributed by atoms with Crippen molar-refractivity contribution >= 4 is 17.1 Å². The lowest BCUT2D eigenvalue weighted by molar-refractivity contribution is -0.0866. The number of imidazole rings is 1. The number of carbonyl (C=O) groups excluding carboxylic acids is 1. The van der Waals surface area contributed by atoms with E-state index in [4.69, 9.17) is 4.74 Å². The van der Waals surface area contributed by atoms with Gasteiger partial charge in [-0.05, 0) is 31.0 Å². The molecular weight excluding hydrogens is 366 g/mol. The molecule has 5 rings (SSSR count). The molecule has 29 heavy (non-hydrogen) atoms. The fourth-order valence-corrected chi connectivity index (χ4v) is 4.30. The number of fused-ring (bicyclic) bond motifs is 1. The molecule has 0 radical (unpaired) electrons. The van der Waals surface area contributed by atoms with Crippen LogP contribution >= 0.6 is 0 Å². The number of ether oxygens (including phenoxy) is 1. The topological polar surface area (TPSA) is 72.3 Å². The Labute approximate surface area is 169 Å². The number of hydrogen-bond donors (Lipinski definition) is 1. The van der Waals surface area contributed by atoms with Gasteiger partial charge in [0.05, 0.1) is 30.6 Å². The highest BCUT2D eigenvalue weighted by atomic mass is 16.5. The van der Waals surface area contributed by atoms with E-state index in [-0.39, 0.29) is 11.5 Å². The predicted molar refractivity (Wildman–Crippen MR) is 110 cm³/mol. The highest BCUT2D eigenvalue weighted by Crippen LogP contribution is 2.26. The molecule has 1 aromatic carbocycles. The number of nitrogens with zero attached hydrogens (tertiary/aromatic N) is 4. The summed E-state index contributed by atoms with van der Waals surface area (Å²) in [5, 5.41) is 3.34. The molecule has 1 atom stereocenters. The smallest absolute Gasteiger partial charge is 0.255 e. The number of benzene rings is 1. The van der Waals surface area contributed by atoms with Gasteiger partial charge in [-0.15, -0.1) is 0 Å². The number of aromatic nitrogens is 3. The lowest BCUT2D eigenvalue weighted by atomic mass is 10.00. The molecule has 2 aliphatic heterocycles. The van der Waals surface area contributed by atoms with Crippen molar-refractivity contribution in [3.05, 3.63) is 60.0 Å². The van der Waals surface area contributed by atoms with Crippen LogP contribution in [0.5, 0.6) is 0 Å². The Balaban J connectivity index is 1.31. The van der Waals surface area contributed by atoms with Crippen LogP contribution in [0.4, 0.5) is 0 Å². The van der Waals surface area contributed by atoms with Crippen molar-refractivity contribution in [2.24, 2.45) is 0 Å². The van der Waals surface area contributed by atoms with Gasteiger partial charge in [-0.2, -0.15) is 0 Å². The van der Waals surface area contributed by atoms with Crippen molar-refractivity contribution in [2.75, 3.05) is 32.8 Å². The predicted octanol–water partition coefficient (Wildman–Crippen LogP) is 1.88. The molecular formula is C22H25N5O2. The van der Waals surface area contributed by atoms with Crippen LogP contribution in [0.15, 0.2) is 48.9 Å². The van der Waals surface area contributed by atoms with E-state index in [1.165, 1.54) is 5.56 Å². The molecule has 150 valence electrons. The van der Waals surface area contributed by atoms with E-state index in [0.29, 0.717) is 25.3 Å². The molecule has 7 heteroatoms. The monoisotopic (exact) mass is 391 g/mol. The van der Waals surface area contributed by atoms with Gasteiger partial charge in [0.15, 0.2) is 5.65 Å². The molecule has 3 aromatic rings. The maximum atomic E-state index is 13.1. The average molecular weight is 391 g/mol. The molecule has 0 bridgehead atoms. The second-order valence-electron chi connectivity index (χ2n) is 7.93. The van der Waals surface area contributed by atoms with Crippen LogP contribution in [0.1, 0.15) is 22.3 Å². The molecule has 2 fully saturated rings. The number of rotatable bonds is 4. The molecule has 2 aliphatic rings. The molecule has 1 N–H and O–H groups in total. The Kier molecular flexibility index (Phi) is 4.77. The van der Waals surface area contributed by atoms with Gasteiger partial charge < -0.3 is 19.5 Å². The van der Waals surface area contributed by atoms with Crippen LogP contribution in [-0.2, 0) is 17.7 Å². The summed E-state index contributed by atoms with van der Waals surface area (Å²) < 4.78 is 8.04. The number of nitrogens with one attached hydrogen (secondary N) is 1. The average Bonchev–Trinajstić information content (AvgIpc) is 3.39. The third kappa shape index (κ3) is 3.63. The molecule has 0 saturated carbocycles. The number of aryl methyl sites for hydroxylation is 2. The Morgan fingerprint density at radius 3 is 2.97 bits per heavy atom. The van der Waals surface area contributed by atoms with Gasteiger partial charge in [0.2, 0.25) is 0 Å². The van der Waals surface area contributed by atoms with E-state index in [1.807, 2.05) is 27.9 Å². The third-order valence-electron chi connectivity index (χ3n) is 5.93. The van der Waals surface area contributed by atoms with Gasteiger partial charge in [0.1, 0.15) is 5.52 Å². The maximum absolute atomic E-state index is 13.1. The van der Waals surface area contributed by atoms with Crippen molar-refractivity contribution in [3.63, 3.8) is 0 Å². The zero-order chi connectivity index (χ0) is 19.7. The number of hydrogen-bond acceptors (Lipinski definition) is 5. The molecule has 2 aromatic heterocycles. The Bertz CT molecular complexity index is 1010. The molecule has 7 nitrogen and oxygen atoms in total. The summed E-state index contributed by atoms with van der Waals surface area (Å²) in [5.41, 5.74) is 3.22. The van der Waals surface area contributed by atoms with Crippen LogP contribution in [0.2, 0.25) is 0 Å². The van der Waals surface area contributed by atoms with Gasteiger partial charge in [-0.1, -0.05) is 30.3 Å². The summed E-state index contributed by atoms with van der Waals surface area (Å²) in [7, 11) is 0. The Morgan fingerprint density at radius 1 is 1.24 bits per heavy atom. The summed E-state index contributed by atoms with van der Waals surface area (Å²) in [6, 6.07) is 12.2. The minimum absolute atomic E-state index is 0.00723. The van der Waals surface area contributed by atoms with Gasteiger partial charge in [0.25, 0.3) is 5.91 Å². The highest BCUT2D eigenvalue weighted by Gasteiger charge is 2.40. The fraction of sp³-hybridized carbons (Fsp3) is 0.409. The molecule has 2 saturated heterocycles. The second kappa shape index (κ2) is 7.57. The lowest BCUT2D eigenvalue weighted by Gasteiger charge is -2.40. The van der Waals surface area contributed by atoms with Gasteiger partial charge in [0, 0.05) is 25.8 Å². The number of amides is 1. The van der Waals surface area contributed by atoms with Crippen molar-refractivity contribution < 1.29 is 9.53 Å². The number of carbonyl (C=O) groups is 1. The first-order valence-electron chi connectivity index (χ1n) is 10.2. The fourth-order valence-electron chi connectivity index (χ4n) is 4.30. The largest absolute Gasteiger partial charge is 0.370 e. The number of morpholine rings is 1. The van der Waals surface area contributed by atoms with E-state index < -0.39 is 0 Å². The van der Waals surface area contributed by atoms with Crippen molar-refractivity contribution in [3.8, 4) is 0 Å². The maximum Gasteiger partial charge on any atom is 0.255 e. The second-order valence-corrected chi connectivity index (χ2v) is 7.93. The van der Waals surface area contributed by atoms with Crippen molar-refractivity contribution in [1.29, 1.82) is 0 Å². The SMILES string of the molecule is O=C(c1cnc2c(c1)ncn2CCc1ccccc1)N1CCOC2(CCNC2)C1. The van der Waals surface area contributed by atoms with Gasteiger partial charge in [-0.25, -0.2) is 9.97 Å². The van der Waals surface area contributed by atoms with Crippen LogP contribution in [0.25, 0.3) is 11.2 Å². The summed E-state index contributed by atoms with van der Waals surface area (Å²) in [6.45, 7) is 4.37. The van der Waals surface area contributed by atoms with Gasteiger partial charge in [-0.3, -0.25) is 4.79 Å². The van der Waals surface area contributed by atoms with Crippen LogP contribution < -0.4 is 5.32 Å². The quantitative estimate of drug-likeness (QED) is 0.735. The minimum atomic E-state index is -0.232. The molecule has 1 amide bonds. The standard InChI is InChI=1S/C22H25N5O2/c28-21(26-10-11-29-22(15-26)7-8-23-14-22)18-12-19-20(24-13-18)27(16-25-19)9-6-17-4-2-1-3-5-17/h1-5,12-13,16,23H,6-11,14-15H2. The molecule has 4 heterocycles. The van der Waals surface area contributed by atoms with Crippen LogP contribution in [-0.4, -0.2) is 63.7 Å². The minimum Gasteiger partial charge on any atom is -0.370 e. The van der Waals surface area contributed by atoms with E-state index in [2.05, 4.69) is 39.6 Å². The van der Waals surface area contributed by atoms with E-state index in [0.717, 1.165) is 43.6 Å². The van der Waals surface area contributed by atoms with Crippen LogP contribution in [0, 0.1) is 0 Å². The van der Waals surface area contributed by atoms with E-state index >= 15 is 0 Å². The van der Waals surface area contributed by atoms with Crippen molar-refractivity contribution in [2.45, 2.75) is 25.0 Å². The molecule has 1 unspecified atom stereocenters. The van der Waals surface area contributed by atoms with Crippen molar-refractivity contribution in [1.82, 2.24) is 24.8 Å². The van der Waals surface area contributed by atoms with E-state index in [9.17, 15) is 4.79 Å². The Morgan fingerprint density at radius 2 is 2.14 bits per heavy atom. The first-order valence-corrected chi connectivity index (χ1v) is 10.2. The third-order valence-corrected chi connectivity index (χ3v) is 5.93. The summed E-state index contributed by atoms with van der Waals surface area (Å²) in [4.78, 5) is 24.0. The zero-order valence-electron chi connectivity index (χ0n) is 16.4. The van der Waals surface area contributed by atoms with Crippen LogP contribution in [0.3, 0.4) is 0 Å². The zero-order valence-corrected chi connectivity index (χ0v) is 16.4. The Hall–Kier alpha value is -2.77. The first kappa shape index (κ1) is 18.3. The van der Waals surface area contributed by atoms with Gasteiger partial charge >= 0.3 is 0 Å². The normalized spacial score (nSPS) is 21.9. The highest BCUT2D eigenvalue weighted by molar-refractivity contribution is 5.96. The summed E-state index contributed by atoms with van der Waals surface area (Å²) in [5.74, 6) is 0.00723. The lowest BCUT2D eigenvalue weighted by Crippen LogP contribution is -2.54. The molecule has 0 aliphatic carbocycles. The number of pyridine rings is 1. The first-order chi connectivity index (χ1) is 14.2. The summed E-state index contributed by atoms with van der Waals surface area (Å²) >= 11 is 0. The molecule has 1 spiro atoms. The summed E-state index contributed by atoms with van der Waals surface area (Å²) in [6.07, 6.45) is 5.35. The van der Waals surface area contributed by atoms with E-state index in [1.54, 1.807) is 6.20 Å².